The summed E-state index contributed by atoms with van der Waals surface area (Å²) >= 11 is 11.2. The summed E-state index contributed by atoms with van der Waals surface area (Å²) in [7, 11) is 0. The third kappa shape index (κ3) is 4.51. The molecule has 0 bridgehead atoms. The molecule has 8 nitrogen and oxygen atoms in total. The summed E-state index contributed by atoms with van der Waals surface area (Å²) in [5, 5.41) is 15.8. The van der Waals surface area contributed by atoms with Gasteiger partial charge < -0.3 is 9.73 Å². The van der Waals surface area contributed by atoms with E-state index < -0.39 is 0 Å². The number of pyridine rings is 1. The normalized spacial score (nSPS) is 11.0. The molecule has 11 heteroatoms. The Morgan fingerprint density at radius 2 is 2.13 bits per heavy atom. The molecule has 3 heterocycles. The Bertz CT molecular complexity index is 1260. The summed E-state index contributed by atoms with van der Waals surface area (Å²) in [6, 6.07) is 10.6. The van der Waals surface area contributed by atoms with Gasteiger partial charge in [0.1, 0.15) is 10.3 Å². The number of amides is 1. The van der Waals surface area contributed by atoms with E-state index in [4.69, 9.17) is 16.0 Å². The number of thioether (sulfide) groups is 1. The van der Waals surface area contributed by atoms with Gasteiger partial charge in [-0.25, -0.2) is 9.67 Å². The lowest BCUT2D eigenvalue weighted by molar-refractivity contribution is 0.101. The van der Waals surface area contributed by atoms with Gasteiger partial charge in [0.25, 0.3) is 5.91 Å². The number of hydrogen-bond donors (Lipinski definition) is 1. The highest BCUT2D eigenvalue weighted by atomic mass is 79.9. The molecule has 0 aliphatic rings. The number of benzene rings is 1. The lowest BCUT2D eigenvalue weighted by Crippen LogP contribution is -2.18. The molecule has 31 heavy (non-hydrogen) atoms. The van der Waals surface area contributed by atoms with Gasteiger partial charge in [0, 0.05) is 12.3 Å². The van der Waals surface area contributed by atoms with Crippen LogP contribution in [-0.2, 0) is 5.75 Å². The Kier molecular flexibility index (Phi) is 6.40. The number of nitrogens with zero attached hydrogens (tertiary/aromatic N) is 5. The molecule has 4 rings (SSSR count). The van der Waals surface area contributed by atoms with Crippen molar-refractivity contribution in [3.63, 3.8) is 0 Å². The number of carbonyl (C=O) groups excluding carboxylic acids is 1. The number of halogens is 2. The number of para-hydroxylation sites is 1. The highest BCUT2D eigenvalue weighted by molar-refractivity contribution is 9.10. The molecule has 0 fully saturated rings. The van der Waals surface area contributed by atoms with Crippen LogP contribution in [-0.4, -0.2) is 37.1 Å². The molecule has 0 atom stereocenters. The van der Waals surface area contributed by atoms with Crippen LogP contribution in [0.1, 0.15) is 21.9 Å². The van der Waals surface area contributed by atoms with Crippen LogP contribution in [0.3, 0.4) is 0 Å². The molecular weight excluding hydrogens is 504 g/mol. The number of anilines is 1. The molecule has 0 saturated carbocycles. The third-order valence-electron chi connectivity index (χ3n) is 4.33. The molecule has 0 unspecified atom stereocenters. The second kappa shape index (κ2) is 9.21. The van der Waals surface area contributed by atoms with Gasteiger partial charge in [0.2, 0.25) is 11.8 Å². The van der Waals surface area contributed by atoms with Crippen LogP contribution < -0.4 is 5.32 Å². The van der Waals surface area contributed by atoms with E-state index in [0.717, 1.165) is 5.56 Å². The summed E-state index contributed by atoms with van der Waals surface area (Å²) in [6.45, 7) is 1.89. The molecule has 0 saturated heterocycles. The zero-order chi connectivity index (χ0) is 22.0. The van der Waals surface area contributed by atoms with Crippen LogP contribution in [0.25, 0.3) is 17.3 Å². The summed E-state index contributed by atoms with van der Waals surface area (Å²) < 4.78 is 7.63. The lowest BCUT2D eigenvalue weighted by atomic mass is 10.1. The molecule has 1 amide bonds. The van der Waals surface area contributed by atoms with Gasteiger partial charge in [-0.1, -0.05) is 23.7 Å². The van der Waals surface area contributed by atoms with Crippen molar-refractivity contribution in [2.75, 3.05) is 11.6 Å². The monoisotopic (exact) mass is 518 g/mol. The zero-order valence-corrected chi connectivity index (χ0v) is 19.6. The van der Waals surface area contributed by atoms with Gasteiger partial charge in [-0.05, 0) is 52.9 Å². The van der Waals surface area contributed by atoms with E-state index in [1.165, 1.54) is 4.68 Å². The van der Waals surface area contributed by atoms with Crippen molar-refractivity contribution >= 4 is 50.9 Å². The molecule has 0 radical (unpaired) electrons. The smallest absolute Gasteiger partial charge is 0.274 e. The third-order valence-corrected chi connectivity index (χ3v) is 5.55. The average Bonchev–Trinajstić information content (AvgIpc) is 3.37. The van der Waals surface area contributed by atoms with Gasteiger partial charge in [-0.15, -0.1) is 10.2 Å². The molecule has 0 aliphatic carbocycles. The Balaban J connectivity index is 1.71. The van der Waals surface area contributed by atoms with Crippen molar-refractivity contribution in [2.45, 2.75) is 12.7 Å². The minimum Gasteiger partial charge on any atom is -0.420 e. The minimum absolute atomic E-state index is 0.260. The van der Waals surface area contributed by atoms with E-state index in [9.17, 15) is 4.79 Å². The average molecular weight is 520 g/mol. The van der Waals surface area contributed by atoms with Crippen molar-refractivity contribution in [3.05, 3.63) is 69.4 Å². The number of carbonyl (C=O) groups is 1. The van der Waals surface area contributed by atoms with Crippen LogP contribution in [0.4, 0.5) is 5.69 Å². The SMILES string of the molecule is CSCc1nnc(-c2cccc(C)c2NC(=O)c2cc(Br)nn2-c2ncccc2Cl)o1. The van der Waals surface area contributed by atoms with Gasteiger partial charge in [0.15, 0.2) is 5.82 Å². The van der Waals surface area contributed by atoms with Crippen molar-refractivity contribution in [1.82, 2.24) is 25.0 Å². The molecular formula is C20H16BrClN6O2S. The fourth-order valence-electron chi connectivity index (χ4n) is 2.94. The molecule has 158 valence electrons. The summed E-state index contributed by atoms with van der Waals surface area (Å²) in [6.07, 6.45) is 3.54. The quantitative estimate of drug-likeness (QED) is 0.376. The first-order valence-electron chi connectivity index (χ1n) is 9.07. The Morgan fingerprint density at radius 1 is 1.29 bits per heavy atom. The number of aromatic nitrogens is 5. The van der Waals surface area contributed by atoms with Crippen LogP contribution in [0.2, 0.25) is 5.02 Å². The maximum atomic E-state index is 13.2. The molecule has 0 spiro atoms. The Hall–Kier alpha value is -2.69. The largest absolute Gasteiger partial charge is 0.420 e. The van der Waals surface area contributed by atoms with Gasteiger partial charge in [-0.3, -0.25) is 4.79 Å². The number of rotatable bonds is 6. The first-order chi connectivity index (χ1) is 15.0. The van der Waals surface area contributed by atoms with Crippen LogP contribution >= 0.6 is 39.3 Å². The van der Waals surface area contributed by atoms with E-state index in [-0.39, 0.29) is 11.6 Å². The standard InChI is InChI=1S/C20H16BrClN6O2S/c1-11-5-3-6-12(20-26-25-16(30-20)10-31-2)17(11)24-19(29)14-9-15(21)27-28(14)18-13(22)7-4-8-23-18/h3-9H,10H2,1-2H3,(H,24,29). The fraction of sp³-hybridized carbons (Fsp3) is 0.150. The zero-order valence-electron chi connectivity index (χ0n) is 16.5. The summed E-state index contributed by atoms with van der Waals surface area (Å²) in [5.41, 5.74) is 2.31. The minimum atomic E-state index is -0.390. The topological polar surface area (TPSA) is 98.7 Å². The molecule has 4 aromatic rings. The molecule has 0 aliphatic heterocycles. The van der Waals surface area contributed by atoms with Crippen molar-refractivity contribution in [1.29, 1.82) is 0 Å². The highest BCUT2D eigenvalue weighted by Crippen LogP contribution is 2.31. The van der Waals surface area contributed by atoms with Crippen LogP contribution in [0.5, 0.6) is 0 Å². The van der Waals surface area contributed by atoms with Crippen molar-refractivity contribution in [3.8, 4) is 17.3 Å². The number of aryl methyl sites for hydroxylation is 1. The van der Waals surface area contributed by atoms with E-state index >= 15 is 0 Å². The summed E-state index contributed by atoms with van der Waals surface area (Å²) in [5.74, 6) is 1.43. The van der Waals surface area contributed by atoms with Gasteiger partial charge in [-0.2, -0.15) is 16.9 Å². The Labute approximate surface area is 195 Å². The molecule has 1 aromatic carbocycles. The maximum Gasteiger partial charge on any atom is 0.274 e. The second-order valence-electron chi connectivity index (χ2n) is 6.46. The maximum absolute atomic E-state index is 13.2. The van der Waals surface area contributed by atoms with Crippen LogP contribution in [0, 0.1) is 6.92 Å². The predicted molar refractivity (Wildman–Crippen MR) is 124 cm³/mol. The first kappa shape index (κ1) is 21.5. The van der Waals surface area contributed by atoms with Crippen molar-refractivity contribution < 1.29 is 9.21 Å². The lowest BCUT2D eigenvalue weighted by Gasteiger charge is -2.13. The Morgan fingerprint density at radius 3 is 2.90 bits per heavy atom. The molecule has 3 aromatic heterocycles. The van der Waals surface area contributed by atoms with E-state index in [1.54, 1.807) is 36.2 Å². The summed E-state index contributed by atoms with van der Waals surface area (Å²) in [4.78, 5) is 17.5. The van der Waals surface area contributed by atoms with Gasteiger partial charge >= 0.3 is 0 Å². The molecule has 1 N–H and O–H groups in total. The number of hydrogen-bond acceptors (Lipinski definition) is 7. The van der Waals surface area contributed by atoms with Gasteiger partial charge in [0.05, 0.1) is 22.0 Å². The van der Waals surface area contributed by atoms with E-state index in [2.05, 4.69) is 41.5 Å². The highest BCUT2D eigenvalue weighted by Gasteiger charge is 2.22. The van der Waals surface area contributed by atoms with E-state index in [1.807, 2.05) is 31.4 Å². The van der Waals surface area contributed by atoms with E-state index in [0.29, 0.717) is 44.2 Å². The van der Waals surface area contributed by atoms with Crippen molar-refractivity contribution in [2.24, 2.45) is 0 Å². The second-order valence-corrected chi connectivity index (χ2v) is 8.54. The first-order valence-corrected chi connectivity index (χ1v) is 11.6. The number of nitrogens with one attached hydrogen (secondary N) is 1. The predicted octanol–water partition coefficient (Wildman–Crippen LogP) is 5.16. The van der Waals surface area contributed by atoms with Crippen LogP contribution in [0.15, 0.2) is 51.6 Å². The fourth-order valence-corrected chi connectivity index (χ4v) is 3.88.